The smallest absolute Gasteiger partial charge is 0.189 e. The number of benzene rings is 1. The van der Waals surface area contributed by atoms with Crippen LogP contribution in [0.4, 0.5) is 0 Å². The van der Waals surface area contributed by atoms with Crippen molar-refractivity contribution >= 4 is 17.3 Å². The highest BCUT2D eigenvalue weighted by Crippen LogP contribution is 2.12. The summed E-state index contributed by atoms with van der Waals surface area (Å²) in [4.78, 5) is 0. The van der Waals surface area contributed by atoms with Crippen LogP contribution in [0.15, 0.2) is 30.3 Å². The Labute approximate surface area is 102 Å². The number of ether oxygens (including phenoxy) is 1. The molecular formula is C13H18O2S. The molecule has 0 aromatic heterocycles. The van der Waals surface area contributed by atoms with Crippen molar-refractivity contribution in [1.82, 2.24) is 0 Å². The molecule has 0 aliphatic rings. The Balaban J connectivity index is 2.53. The summed E-state index contributed by atoms with van der Waals surface area (Å²) in [5.41, 5.74) is 0.698. The van der Waals surface area contributed by atoms with E-state index in [-0.39, 0.29) is 10.7 Å². The summed E-state index contributed by atoms with van der Waals surface area (Å²) in [6.45, 7) is 5.73. The van der Waals surface area contributed by atoms with Crippen LogP contribution in [-0.4, -0.2) is 21.9 Å². The van der Waals surface area contributed by atoms with Gasteiger partial charge < -0.3 is 9.84 Å². The van der Waals surface area contributed by atoms with E-state index in [4.69, 9.17) is 17.0 Å². The maximum absolute atomic E-state index is 9.87. The van der Waals surface area contributed by atoms with Crippen molar-refractivity contribution < 1.29 is 9.84 Å². The topological polar surface area (TPSA) is 29.5 Å². The van der Waals surface area contributed by atoms with Gasteiger partial charge in [-0.2, -0.15) is 0 Å². The first-order valence-electron chi connectivity index (χ1n) is 5.33. The molecule has 16 heavy (non-hydrogen) atoms. The lowest BCUT2D eigenvalue weighted by Gasteiger charge is -2.24. The fourth-order valence-electron chi connectivity index (χ4n) is 1.29. The van der Waals surface area contributed by atoms with E-state index in [0.29, 0.717) is 6.42 Å². The van der Waals surface area contributed by atoms with Crippen LogP contribution in [-0.2, 0) is 11.2 Å². The summed E-state index contributed by atoms with van der Waals surface area (Å²) >= 11 is 5.05. The standard InChI is InChI=1S/C13H18O2S/c1-13(2,3)15-12(16)11(14)9-10-7-5-4-6-8-10/h4-8,11,14H,9H2,1-3H3/t11-/m1/s1. The summed E-state index contributed by atoms with van der Waals surface area (Å²) < 4.78 is 5.45. The Hall–Kier alpha value is -0.930. The number of aliphatic hydroxyl groups is 1. The van der Waals surface area contributed by atoms with Gasteiger partial charge in [0.1, 0.15) is 11.7 Å². The number of aliphatic hydroxyl groups excluding tert-OH is 1. The Morgan fingerprint density at radius 1 is 1.31 bits per heavy atom. The summed E-state index contributed by atoms with van der Waals surface area (Å²) in [6, 6.07) is 9.75. The molecule has 2 nitrogen and oxygen atoms in total. The average molecular weight is 238 g/mol. The third-order valence-corrected chi connectivity index (χ3v) is 2.31. The van der Waals surface area contributed by atoms with Crippen LogP contribution in [0.25, 0.3) is 0 Å². The summed E-state index contributed by atoms with van der Waals surface area (Å²) in [5, 5.41) is 10.1. The zero-order chi connectivity index (χ0) is 12.2. The molecule has 0 saturated carbocycles. The molecule has 1 aromatic rings. The molecule has 0 unspecified atom stereocenters. The van der Waals surface area contributed by atoms with E-state index in [2.05, 4.69) is 0 Å². The minimum absolute atomic E-state index is 0.261. The second-order valence-electron chi connectivity index (χ2n) is 4.74. The largest absolute Gasteiger partial charge is 0.479 e. The summed E-state index contributed by atoms with van der Waals surface area (Å²) in [7, 11) is 0. The number of thiocarbonyl (C=S) groups is 1. The molecule has 0 aliphatic carbocycles. The first-order valence-corrected chi connectivity index (χ1v) is 5.74. The van der Waals surface area contributed by atoms with Gasteiger partial charge in [-0.05, 0) is 38.6 Å². The monoisotopic (exact) mass is 238 g/mol. The predicted molar refractivity (Wildman–Crippen MR) is 69.6 cm³/mol. The zero-order valence-corrected chi connectivity index (χ0v) is 10.8. The zero-order valence-electron chi connectivity index (χ0n) is 9.93. The van der Waals surface area contributed by atoms with Crippen molar-refractivity contribution in [2.24, 2.45) is 0 Å². The van der Waals surface area contributed by atoms with Crippen LogP contribution >= 0.6 is 12.2 Å². The molecule has 0 saturated heterocycles. The van der Waals surface area contributed by atoms with Crippen molar-refractivity contribution in [3.05, 3.63) is 35.9 Å². The second kappa shape index (κ2) is 5.41. The maximum Gasteiger partial charge on any atom is 0.189 e. The molecule has 0 bridgehead atoms. The van der Waals surface area contributed by atoms with Crippen LogP contribution in [0.1, 0.15) is 26.3 Å². The fourth-order valence-corrected chi connectivity index (χ4v) is 1.62. The van der Waals surface area contributed by atoms with Gasteiger partial charge in [-0.25, -0.2) is 0 Å². The van der Waals surface area contributed by atoms with Crippen LogP contribution in [0.3, 0.4) is 0 Å². The van der Waals surface area contributed by atoms with Gasteiger partial charge in [0.05, 0.1) is 0 Å². The minimum atomic E-state index is -0.725. The number of rotatable bonds is 3. The quantitative estimate of drug-likeness (QED) is 0.821. The van der Waals surface area contributed by atoms with E-state index in [1.165, 1.54) is 0 Å². The summed E-state index contributed by atoms with van der Waals surface area (Å²) in [6.07, 6.45) is -0.230. The molecular weight excluding hydrogens is 220 g/mol. The highest BCUT2D eigenvalue weighted by molar-refractivity contribution is 7.80. The molecule has 0 aliphatic heterocycles. The molecule has 3 heteroatoms. The van der Waals surface area contributed by atoms with Crippen molar-refractivity contribution in [3.63, 3.8) is 0 Å². The van der Waals surface area contributed by atoms with Crippen molar-refractivity contribution in [1.29, 1.82) is 0 Å². The number of hydrogen-bond acceptors (Lipinski definition) is 3. The lowest BCUT2D eigenvalue weighted by Crippen LogP contribution is -2.31. The first-order chi connectivity index (χ1) is 7.38. The second-order valence-corrected chi connectivity index (χ2v) is 5.14. The maximum atomic E-state index is 9.87. The van der Waals surface area contributed by atoms with Crippen LogP contribution in [0.2, 0.25) is 0 Å². The van der Waals surface area contributed by atoms with Gasteiger partial charge in [0, 0.05) is 6.42 Å². The highest BCUT2D eigenvalue weighted by Gasteiger charge is 2.19. The highest BCUT2D eigenvalue weighted by atomic mass is 32.1. The van der Waals surface area contributed by atoms with Gasteiger partial charge in [0.15, 0.2) is 5.05 Å². The molecule has 0 fully saturated rings. The Kier molecular flexibility index (Phi) is 4.44. The van der Waals surface area contributed by atoms with Gasteiger partial charge >= 0.3 is 0 Å². The molecule has 1 atom stereocenters. The van der Waals surface area contributed by atoms with E-state index in [1.807, 2.05) is 51.1 Å². The van der Waals surface area contributed by atoms with Crippen LogP contribution < -0.4 is 0 Å². The first kappa shape index (κ1) is 13.1. The molecule has 0 radical (unpaired) electrons. The SMILES string of the molecule is CC(C)(C)OC(=S)[C@H](O)Cc1ccccc1. The van der Waals surface area contributed by atoms with E-state index in [9.17, 15) is 5.11 Å². The Bertz CT molecular complexity index is 341. The lowest BCUT2D eigenvalue weighted by atomic mass is 10.1. The van der Waals surface area contributed by atoms with Crippen molar-refractivity contribution in [2.45, 2.75) is 38.9 Å². The van der Waals surface area contributed by atoms with Gasteiger partial charge in [0.2, 0.25) is 0 Å². The molecule has 1 N–H and O–H groups in total. The Morgan fingerprint density at radius 2 is 1.88 bits per heavy atom. The average Bonchev–Trinajstić information content (AvgIpc) is 2.16. The Morgan fingerprint density at radius 3 is 2.38 bits per heavy atom. The van der Waals surface area contributed by atoms with Gasteiger partial charge in [0.25, 0.3) is 0 Å². The minimum Gasteiger partial charge on any atom is -0.479 e. The van der Waals surface area contributed by atoms with Crippen LogP contribution in [0, 0.1) is 0 Å². The van der Waals surface area contributed by atoms with Crippen LogP contribution in [0.5, 0.6) is 0 Å². The number of hydrogen-bond donors (Lipinski definition) is 1. The van der Waals surface area contributed by atoms with E-state index < -0.39 is 6.10 Å². The third kappa shape index (κ3) is 4.73. The molecule has 88 valence electrons. The van der Waals surface area contributed by atoms with Crippen molar-refractivity contribution in [3.8, 4) is 0 Å². The summed E-state index contributed by atoms with van der Waals surface area (Å²) in [5.74, 6) is 0. The van der Waals surface area contributed by atoms with E-state index in [0.717, 1.165) is 5.56 Å². The molecule has 0 heterocycles. The molecule has 1 rings (SSSR count). The van der Waals surface area contributed by atoms with Gasteiger partial charge in [-0.1, -0.05) is 30.3 Å². The third-order valence-electron chi connectivity index (χ3n) is 1.95. The fraction of sp³-hybridized carbons (Fsp3) is 0.462. The molecule has 1 aromatic carbocycles. The molecule has 0 spiro atoms. The van der Waals surface area contributed by atoms with Gasteiger partial charge in [-0.15, -0.1) is 0 Å². The van der Waals surface area contributed by atoms with Gasteiger partial charge in [-0.3, -0.25) is 0 Å². The molecule has 0 amide bonds. The van der Waals surface area contributed by atoms with Crippen molar-refractivity contribution in [2.75, 3.05) is 0 Å². The lowest BCUT2D eigenvalue weighted by molar-refractivity contribution is 0.0914. The normalized spacial score (nSPS) is 13.2. The predicted octanol–water partition coefficient (Wildman–Crippen LogP) is 2.73. The van der Waals surface area contributed by atoms with E-state index >= 15 is 0 Å². The van der Waals surface area contributed by atoms with E-state index in [1.54, 1.807) is 0 Å².